The number of carbonyl (C=O) groups excluding carboxylic acids is 1. The zero-order valence-electron chi connectivity index (χ0n) is 18.1. The van der Waals surface area contributed by atoms with Gasteiger partial charge in [-0.3, -0.25) is 9.20 Å². The van der Waals surface area contributed by atoms with Crippen LogP contribution in [0.2, 0.25) is 0 Å². The SMILES string of the molecule is Cc1cccc(COc2cccc(C(=O)N3CCCC(c4nnc5ccccn45)C3)c2)c1. The van der Waals surface area contributed by atoms with Gasteiger partial charge in [0.25, 0.3) is 5.91 Å². The van der Waals surface area contributed by atoms with Crippen LogP contribution in [0.25, 0.3) is 5.65 Å². The predicted octanol–water partition coefficient (Wildman–Crippen LogP) is 4.64. The summed E-state index contributed by atoms with van der Waals surface area (Å²) in [4.78, 5) is 15.2. The lowest BCUT2D eigenvalue weighted by atomic mass is 9.96. The molecule has 5 rings (SSSR count). The molecule has 0 spiro atoms. The van der Waals surface area contributed by atoms with Gasteiger partial charge in [-0.1, -0.05) is 42.0 Å². The maximum Gasteiger partial charge on any atom is 0.254 e. The van der Waals surface area contributed by atoms with E-state index in [9.17, 15) is 4.79 Å². The molecule has 0 bridgehead atoms. The molecule has 4 aromatic rings. The maximum absolute atomic E-state index is 13.3. The Bertz CT molecular complexity index is 1250. The fourth-order valence-electron chi connectivity index (χ4n) is 4.38. The van der Waals surface area contributed by atoms with Crippen molar-refractivity contribution in [3.8, 4) is 5.75 Å². The lowest BCUT2D eigenvalue weighted by Gasteiger charge is -2.32. The van der Waals surface area contributed by atoms with Gasteiger partial charge in [-0.25, -0.2) is 0 Å². The third-order valence-corrected chi connectivity index (χ3v) is 5.98. The van der Waals surface area contributed by atoms with Crippen molar-refractivity contribution >= 4 is 11.6 Å². The predicted molar refractivity (Wildman–Crippen MR) is 123 cm³/mol. The summed E-state index contributed by atoms with van der Waals surface area (Å²) in [5.41, 5.74) is 3.80. The van der Waals surface area contributed by atoms with E-state index >= 15 is 0 Å². The van der Waals surface area contributed by atoms with E-state index in [4.69, 9.17) is 4.74 Å². The largest absolute Gasteiger partial charge is 0.489 e. The molecule has 0 N–H and O–H groups in total. The van der Waals surface area contributed by atoms with Crippen LogP contribution in [0.1, 0.15) is 46.1 Å². The first-order valence-electron chi connectivity index (χ1n) is 11.0. The number of benzene rings is 2. The summed E-state index contributed by atoms with van der Waals surface area (Å²) >= 11 is 0. The Hall–Kier alpha value is -3.67. The first-order valence-corrected chi connectivity index (χ1v) is 11.0. The van der Waals surface area contributed by atoms with Crippen LogP contribution in [0.15, 0.2) is 72.9 Å². The Balaban J connectivity index is 1.29. The molecular weight excluding hydrogens is 400 g/mol. The summed E-state index contributed by atoms with van der Waals surface area (Å²) in [7, 11) is 0. The zero-order valence-corrected chi connectivity index (χ0v) is 18.1. The van der Waals surface area contributed by atoms with Gasteiger partial charge in [0.1, 0.15) is 18.2 Å². The molecule has 6 nitrogen and oxygen atoms in total. The molecule has 3 heterocycles. The molecule has 1 fully saturated rings. The normalized spacial score (nSPS) is 16.3. The highest BCUT2D eigenvalue weighted by atomic mass is 16.5. The Morgan fingerprint density at radius 3 is 2.88 bits per heavy atom. The molecule has 162 valence electrons. The second-order valence-electron chi connectivity index (χ2n) is 8.38. The summed E-state index contributed by atoms with van der Waals surface area (Å²) in [6.45, 7) is 3.94. The van der Waals surface area contributed by atoms with Gasteiger partial charge in [0.05, 0.1) is 0 Å². The number of pyridine rings is 1. The Morgan fingerprint density at radius 1 is 1.06 bits per heavy atom. The van der Waals surface area contributed by atoms with E-state index in [1.807, 2.05) is 70.1 Å². The summed E-state index contributed by atoms with van der Waals surface area (Å²) in [5, 5.41) is 8.69. The van der Waals surface area contributed by atoms with Crippen molar-refractivity contribution in [3.63, 3.8) is 0 Å². The molecule has 0 radical (unpaired) electrons. The van der Waals surface area contributed by atoms with E-state index in [0.717, 1.165) is 36.4 Å². The van der Waals surface area contributed by atoms with Crippen LogP contribution in [0.5, 0.6) is 5.75 Å². The molecule has 2 aromatic heterocycles. The van der Waals surface area contributed by atoms with Crippen molar-refractivity contribution in [1.82, 2.24) is 19.5 Å². The third kappa shape index (κ3) is 4.21. The van der Waals surface area contributed by atoms with Gasteiger partial charge < -0.3 is 9.64 Å². The number of ether oxygens (including phenoxy) is 1. The number of nitrogens with zero attached hydrogens (tertiary/aromatic N) is 4. The highest BCUT2D eigenvalue weighted by molar-refractivity contribution is 5.94. The van der Waals surface area contributed by atoms with Gasteiger partial charge in [0, 0.05) is 30.8 Å². The minimum atomic E-state index is 0.0320. The highest BCUT2D eigenvalue weighted by Crippen LogP contribution is 2.27. The van der Waals surface area contributed by atoms with Gasteiger partial charge in [-0.2, -0.15) is 0 Å². The number of hydrogen-bond donors (Lipinski definition) is 0. The molecular formula is C26H26N4O2. The number of fused-ring (bicyclic) bond motifs is 1. The van der Waals surface area contributed by atoms with Crippen LogP contribution in [0.4, 0.5) is 0 Å². The van der Waals surface area contributed by atoms with E-state index in [0.29, 0.717) is 24.5 Å². The highest BCUT2D eigenvalue weighted by Gasteiger charge is 2.28. The van der Waals surface area contributed by atoms with Gasteiger partial charge >= 0.3 is 0 Å². The molecule has 2 aromatic carbocycles. The van der Waals surface area contributed by atoms with Crippen molar-refractivity contribution < 1.29 is 9.53 Å². The minimum absolute atomic E-state index is 0.0320. The zero-order chi connectivity index (χ0) is 21.9. The lowest BCUT2D eigenvalue weighted by molar-refractivity contribution is 0.0703. The number of hydrogen-bond acceptors (Lipinski definition) is 4. The quantitative estimate of drug-likeness (QED) is 0.467. The maximum atomic E-state index is 13.3. The number of aromatic nitrogens is 3. The fourth-order valence-corrected chi connectivity index (χ4v) is 4.38. The Labute approximate surface area is 187 Å². The number of aryl methyl sites for hydroxylation is 1. The monoisotopic (exact) mass is 426 g/mol. The van der Waals surface area contributed by atoms with E-state index in [2.05, 4.69) is 29.3 Å². The Kier molecular flexibility index (Phi) is 5.58. The van der Waals surface area contributed by atoms with Gasteiger partial charge in [0.2, 0.25) is 0 Å². The first kappa shape index (κ1) is 20.2. The summed E-state index contributed by atoms with van der Waals surface area (Å²) in [6.07, 6.45) is 3.93. The number of likely N-dealkylation sites (tertiary alicyclic amines) is 1. The van der Waals surface area contributed by atoms with E-state index in [1.54, 1.807) is 0 Å². The molecule has 0 saturated carbocycles. The van der Waals surface area contributed by atoms with Crippen LogP contribution in [-0.4, -0.2) is 38.5 Å². The van der Waals surface area contributed by atoms with Crippen molar-refractivity contribution in [2.45, 2.75) is 32.3 Å². The second kappa shape index (κ2) is 8.83. The van der Waals surface area contributed by atoms with Crippen LogP contribution in [0.3, 0.4) is 0 Å². The molecule has 1 atom stereocenters. The van der Waals surface area contributed by atoms with Crippen molar-refractivity contribution in [2.75, 3.05) is 13.1 Å². The average Bonchev–Trinajstić information content (AvgIpc) is 3.27. The summed E-state index contributed by atoms with van der Waals surface area (Å²) in [6, 6.07) is 21.6. The van der Waals surface area contributed by atoms with E-state index in [-0.39, 0.29) is 11.8 Å². The van der Waals surface area contributed by atoms with Gasteiger partial charge in [0.15, 0.2) is 5.65 Å². The third-order valence-electron chi connectivity index (χ3n) is 5.98. The average molecular weight is 427 g/mol. The van der Waals surface area contributed by atoms with Crippen molar-refractivity contribution in [2.24, 2.45) is 0 Å². The molecule has 32 heavy (non-hydrogen) atoms. The standard InChI is InChI=1S/C26H26N4O2/c1-19-7-4-8-20(15-19)18-32-23-11-5-9-21(16-23)26(31)29-13-6-10-22(17-29)25-28-27-24-12-2-3-14-30(24)25/h2-5,7-9,11-12,14-16,22H,6,10,13,17-18H2,1H3. The van der Waals surface area contributed by atoms with Crippen LogP contribution >= 0.6 is 0 Å². The smallest absolute Gasteiger partial charge is 0.254 e. The number of carbonyl (C=O) groups is 1. The first-order chi connectivity index (χ1) is 15.7. The fraction of sp³-hybridized carbons (Fsp3) is 0.269. The molecule has 6 heteroatoms. The van der Waals surface area contributed by atoms with E-state index in [1.165, 1.54) is 5.56 Å². The molecule has 1 amide bonds. The molecule has 0 aliphatic carbocycles. The van der Waals surface area contributed by atoms with Gasteiger partial charge in [-0.05, 0) is 55.7 Å². The molecule has 1 aliphatic rings. The van der Waals surface area contributed by atoms with Crippen LogP contribution in [-0.2, 0) is 6.61 Å². The Morgan fingerprint density at radius 2 is 1.97 bits per heavy atom. The summed E-state index contributed by atoms with van der Waals surface area (Å²) < 4.78 is 7.99. The van der Waals surface area contributed by atoms with Crippen LogP contribution < -0.4 is 4.74 Å². The number of rotatable bonds is 5. The molecule has 1 saturated heterocycles. The van der Waals surface area contributed by atoms with Crippen molar-refractivity contribution in [3.05, 3.63) is 95.4 Å². The van der Waals surface area contributed by atoms with Crippen LogP contribution in [0, 0.1) is 6.92 Å². The van der Waals surface area contributed by atoms with Crippen molar-refractivity contribution in [1.29, 1.82) is 0 Å². The number of amides is 1. The minimum Gasteiger partial charge on any atom is -0.489 e. The number of piperidine rings is 1. The van der Waals surface area contributed by atoms with E-state index < -0.39 is 0 Å². The lowest BCUT2D eigenvalue weighted by Crippen LogP contribution is -2.39. The second-order valence-corrected chi connectivity index (χ2v) is 8.38. The van der Waals surface area contributed by atoms with Gasteiger partial charge in [-0.15, -0.1) is 10.2 Å². The molecule has 1 aliphatic heterocycles. The molecule has 1 unspecified atom stereocenters. The topological polar surface area (TPSA) is 59.7 Å². The summed E-state index contributed by atoms with van der Waals surface area (Å²) in [5.74, 6) is 1.83.